The van der Waals surface area contributed by atoms with Crippen molar-refractivity contribution in [1.29, 1.82) is 10.5 Å². The van der Waals surface area contributed by atoms with Crippen molar-refractivity contribution in [2.45, 2.75) is 48.3 Å². The molecule has 0 N–H and O–H groups in total. The molecular formula is C29H15F15N4S3. The molecule has 2 aliphatic carbocycles. The van der Waals surface area contributed by atoms with Crippen LogP contribution in [0, 0.1) is 56.6 Å². The van der Waals surface area contributed by atoms with Crippen molar-refractivity contribution in [2.24, 2.45) is 0 Å². The van der Waals surface area contributed by atoms with Gasteiger partial charge in [-0.15, -0.1) is 0 Å². The second-order valence-corrected chi connectivity index (χ2v) is 19.0. The predicted molar refractivity (Wildman–Crippen MR) is 162 cm³/mol. The van der Waals surface area contributed by atoms with Crippen molar-refractivity contribution in [3.8, 4) is 34.4 Å². The molecule has 0 saturated heterocycles. The van der Waals surface area contributed by atoms with Crippen LogP contribution in [0.1, 0.15) is 38.9 Å². The lowest BCUT2D eigenvalue weighted by Crippen LogP contribution is -2.25. The van der Waals surface area contributed by atoms with E-state index in [-0.39, 0.29) is 11.1 Å². The van der Waals surface area contributed by atoms with Crippen molar-refractivity contribution in [1.82, 2.24) is 0 Å². The number of halogens is 15. The molecule has 0 spiro atoms. The Bertz CT molecular complexity index is 2560. The number of hydrogen-bond acceptors (Lipinski definition) is 2. The van der Waals surface area contributed by atoms with Gasteiger partial charge in [-0.2, -0.15) is 0 Å². The van der Waals surface area contributed by atoms with Gasteiger partial charge in [-0.25, -0.2) is 20.2 Å². The first-order valence-corrected chi connectivity index (χ1v) is 19.2. The smallest absolute Gasteiger partial charge is 0.226 e. The zero-order chi connectivity index (χ0) is 39.3. The van der Waals surface area contributed by atoms with Crippen molar-refractivity contribution in [3.63, 3.8) is 0 Å². The molecule has 0 amide bonds. The molecule has 51 heavy (non-hydrogen) atoms. The Morgan fingerprint density at radius 1 is 0.569 bits per heavy atom. The van der Waals surface area contributed by atoms with Crippen molar-refractivity contribution >= 4 is 42.1 Å². The maximum Gasteiger partial charge on any atom is 0.313 e. The van der Waals surface area contributed by atoms with Gasteiger partial charge in [-0.05, 0) is 106 Å². The Labute approximate surface area is 277 Å². The predicted octanol–water partition coefficient (Wildman–Crippen LogP) is 12.8. The molecule has 0 unspecified atom stereocenters. The Morgan fingerprint density at radius 3 is 1.37 bits per heavy atom. The van der Waals surface area contributed by atoms with Gasteiger partial charge >= 0.3 is 30.7 Å². The minimum atomic E-state index is -12.9. The quantitative estimate of drug-likeness (QED) is 0.135. The maximum absolute atomic E-state index is 14.7. The summed E-state index contributed by atoms with van der Waals surface area (Å²) in [5.41, 5.74) is -8.72. The third-order valence-corrected chi connectivity index (χ3v) is 12.5. The summed E-state index contributed by atoms with van der Waals surface area (Å²) in [6.07, 6.45) is -2.52. The number of aryl methyl sites for hydroxylation is 1. The number of benzene rings is 3. The number of nitriles is 2. The minimum absolute atomic E-state index is 0.0266. The highest BCUT2D eigenvalue weighted by molar-refractivity contribution is 8.49. The molecule has 22 heteroatoms. The van der Waals surface area contributed by atoms with Gasteiger partial charge in [0.25, 0.3) is 11.4 Å². The van der Waals surface area contributed by atoms with Crippen LogP contribution in [0.2, 0.25) is 0 Å². The molecule has 0 radical (unpaired) electrons. The summed E-state index contributed by atoms with van der Waals surface area (Å²) in [6, 6.07) is 2.49. The van der Waals surface area contributed by atoms with Crippen LogP contribution in [0.15, 0.2) is 26.8 Å². The van der Waals surface area contributed by atoms with Gasteiger partial charge in [0.15, 0.2) is 4.90 Å². The molecule has 0 saturated carbocycles. The average molecular weight is 801 g/mol. The standard InChI is InChI=1S/C29H15F15N4S3/c1-12-6-16-15(14(3)13(12)2)7-19-24(21(10-45)47-4)20-8-18-17(26(20)27(25(16)19)22(11-46)48-5)9-23(49(30,31,32,33)34)29(51(40,41,42,43)44)28(18)50(35,36,37,38)39/h6,9H,7-8H2,1-3H3/b24-21+,27-22+. The molecule has 0 aliphatic heterocycles. The minimum Gasteiger partial charge on any atom is -0.226 e. The van der Waals surface area contributed by atoms with E-state index in [9.17, 15) is 68.8 Å². The summed E-state index contributed by atoms with van der Waals surface area (Å²) < 4.78 is 217. The monoisotopic (exact) mass is 800 g/mol. The highest BCUT2D eigenvalue weighted by Gasteiger charge is 2.82. The van der Waals surface area contributed by atoms with Gasteiger partial charge in [0.05, 0.1) is 25.3 Å². The topological polar surface area (TPSA) is 56.3 Å². The lowest BCUT2D eigenvalue weighted by atomic mass is 9.89. The van der Waals surface area contributed by atoms with Gasteiger partial charge in [0.1, 0.15) is 9.79 Å². The van der Waals surface area contributed by atoms with Crippen LogP contribution in [-0.2, 0) is 12.8 Å². The van der Waals surface area contributed by atoms with E-state index < -0.39 is 114 Å². The second-order valence-electron chi connectivity index (χ2n) is 11.9. The SMILES string of the molecule is [C-]#[N+]/C(C#N)=c1\c2c(/c(=C(/C#N)[N+]#[C-])c3c1Cc1c-3cc(S(F)(F)(F)(F)F)c(S(F)(F)(F)(F)F)c1S(F)(F)(F)(F)F)-c1cc(C)c(C)c(C)c1C2. The first kappa shape index (κ1) is 37.6. The van der Waals surface area contributed by atoms with Gasteiger partial charge in [0.2, 0.25) is 0 Å². The van der Waals surface area contributed by atoms with Gasteiger partial charge in [0, 0.05) is 5.22 Å². The van der Waals surface area contributed by atoms with Crippen LogP contribution < -0.4 is 10.4 Å². The maximum atomic E-state index is 14.7. The Morgan fingerprint density at radius 2 is 0.980 bits per heavy atom. The van der Waals surface area contributed by atoms with Crippen LogP contribution >= 0.6 is 30.7 Å². The van der Waals surface area contributed by atoms with Crippen molar-refractivity contribution in [3.05, 3.63) is 84.3 Å². The van der Waals surface area contributed by atoms with Crippen LogP contribution in [0.5, 0.6) is 0 Å². The van der Waals surface area contributed by atoms with Crippen LogP contribution in [0.3, 0.4) is 0 Å². The lowest BCUT2D eigenvalue weighted by molar-refractivity contribution is 0.319. The number of fused-ring (bicyclic) bond motifs is 6. The van der Waals surface area contributed by atoms with E-state index in [1.54, 1.807) is 13.8 Å². The van der Waals surface area contributed by atoms with Crippen LogP contribution in [0.25, 0.3) is 43.3 Å². The fourth-order valence-corrected chi connectivity index (χ4v) is 11.4. The second kappa shape index (κ2) is 8.52. The summed E-state index contributed by atoms with van der Waals surface area (Å²) in [5, 5.41) is 17.8. The van der Waals surface area contributed by atoms with Crippen molar-refractivity contribution in [2.75, 3.05) is 0 Å². The van der Waals surface area contributed by atoms with E-state index in [0.29, 0.717) is 22.3 Å². The molecular weight excluding hydrogens is 786 g/mol. The molecule has 0 fully saturated rings. The third-order valence-electron chi connectivity index (χ3n) is 8.65. The van der Waals surface area contributed by atoms with E-state index in [2.05, 4.69) is 9.69 Å². The van der Waals surface area contributed by atoms with Crippen molar-refractivity contribution < 1.29 is 58.3 Å². The average Bonchev–Trinajstić information content (AvgIpc) is 3.48. The number of nitrogens with zero attached hydrogens (tertiary/aromatic N) is 4. The molecule has 0 heterocycles. The summed E-state index contributed by atoms with van der Waals surface area (Å²) in [7, 11) is -38.0. The molecule has 0 aromatic heterocycles. The Balaban J connectivity index is 2.33. The molecule has 0 atom stereocenters. The molecule has 5 rings (SSSR count). The molecule has 274 valence electrons. The molecule has 0 bridgehead atoms. The van der Waals surface area contributed by atoms with E-state index >= 15 is 0 Å². The third kappa shape index (κ3) is 5.79. The highest BCUT2D eigenvalue weighted by Crippen LogP contribution is 3.14. The fourth-order valence-electron chi connectivity index (χ4n) is 6.66. The van der Waals surface area contributed by atoms with E-state index in [1.165, 1.54) is 25.1 Å². The Hall–Kier alpha value is -4.64. The normalized spacial score (nSPS) is 18.9. The van der Waals surface area contributed by atoms with E-state index in [1.807, 2.05) is 0 Å². The van der Waals surface area contributed by atoms with Crippen LogP contribution in [-0.4, -0.2) is 0 Å². The number of hydrogen-bond donors (Lipinski definition) is 0. The zero-order valence-corrected chi connectivity index (χ0v) is 27.7. The van der Waals surface area contributed by atoms with E-state index in [4.69, 9.17) is 13.1 Å². The molecule has 3 aromatic rings. The first-order chi connectivity index (χ1) is 22.3. The van der Waals surface area contributed by atoms with Gasteiger partial charge in [-0.1, -0.05) is 64.4 Å². The summed E-state index contributed by atoms with van der Waals surface area (Å²) in [5.74, 6) is 0. The zero-order valence-electron chi connectivity index (χ0n) is 25.3. The highest BCUT2D eigenvalue weighted by atomic mass is 32.5. The Kier molecular flexibility index (Phi) is 6.28. The summed E-state index contributed by atoms with van der Waals surface area (Å²) in [6.45, 7) is 19.7. The lowest BCUT2D eigenvalue weighted by Gasteiger charge is -2.52. The fraction of sp³-hybridized carbons (Fsp3) is 0.172. The number of rotatable bonds is 3. The first-order valence-electron chi connectivity index (χ1n) is 13.3. The van der Waals surface area contributed by atoms with Crippen LogP contribution in [0.4, 0.5) is 58.3 Å². The molecule has 3 aromatic carbocycles. The largest absolute Gasteiger partial charge is 0.313 e. The van der Waals surface area contributed by atoms with Gasteiger partial charge < -0.3 is 0 Å². The summed E-state index contributed by atoms with van der Waals surface area (Å²) >= 11 is 0. The molecule has 4 nitrogen and oxygen atoms in total. The summed E-state index contributed by atoms with van der Waals surface area (Å²) in [4.78, 5) is -9.84. The van der Waals surface area contributed by atoms with Gasteiger partial charge in [-0.3, -0.25) is 0 Å². The molecule has 2 aliphatic rings. The van der Waals surface area contributed by atoms with E-state index in [0.717, 1.165) is 0 Å².